The van der Waals surface area contributed by atoms with E-state index in [-0.39, 0.29) is 18.4 Å². The fraction of sp³-hybridized carbons (Fsp3) is 0.480. The lowest BCUT2D eigenvalue weighted by atomic mass is 10.2. The van der Waals surface area contributed by atoms with Gasteiger partial charge in [0.2, 0.25) is 11.8 Å². The van der Waals surface area contributed by atoms with E-state index >= 15 is 0 Å². The van der Waals surface area contributed by atoms with E-state index in [1.807, 2.05) is 53.6 Å². The lowest BCUT2D eigenvalue weighted by Gasteiger charge is -2.36. The molecule has 2 aliphatic heterocycles. The summed E-state index contributed by atoms with van der Waals surface area (Å²) in [7, 11) is 0. The van der Waals surface area contributed by atoms with Crippen molar-refractivity contribution in [2.24, 2.45) is 0 Å². The van der Waals surface area contributed by atoms with Crippen molar-refractivity contribution in [1.29, 1.82) is 5.26 Å². The number of rotatable bonds is 6. The maximum absolute atomic E-state index is 13.0. The van der Waals surface area contributed by atoms with Gasteiger partial charge in [-0.2, -0.15) is 5.26 Å². The van der Waals surface area contributed by atoms with Crippen LogP contribution in [0.3, 0.4) is 0 Å². The molecule has 180 valence electrons. The van der Waals surface area contributed by atoms with Crippen molar-refractivity contribution in [3.8, 4) is 11.8 Å². The van der Waals surface area contributed by atoms with Gasteiger partial charge in [-0.05, 0) is 31.5 Å². The summed E-state index contributed by atoms with van der Waals surface area (Å²) in [6.07, 6.45) is 0. The van der Waals surface area contributed by atoms with Gasteiger partial charge in [-0.3, -0.25) is 24.0 Å². The van der Waals surface area contributed by atoms with Crippen molar-refractivity contribution in [3.63, 3.8) is 0 Å². The van der Waals surface area contributed by atoms with E-state index in [4.69, 9.17) is 4.74 Å². The topological polar surface area (TPSA) is 93.8 Å². The van der Waals surface area contributed by atoms with Crippen LogP contribution in [0.5, 0.6) is 0 Å². The van der Waals surface area contributed by atoms with E-state index in [0.717, 1.165) is 30.0 Å². The number of hydrogen-bond donors (Lipinski definition) is 1. The zero-order valence-electron chi connectivity index (χ0n) is 19.9. The average molecular weight is 465 g/mol. The molecule has 0 aliphatic carbocycles. The molecule has 0 saturated carbocycles. The summed E-state index contributed by atoms with van der Waals surface area (Å²) in [6.45, 7) is 9.94. The van der Waals surface area contributed by atoms with E-state index in [2.05, 4.69) is 21.2 Å². The first-order chi connectivity index (χ1) is 16.5. The molecule has 9 nitrogen and oxygen atoms in total. The summed E-state index contributed by atoms with van der Waals surface area (Å²) < 4.78 is 7.27. The van der Waals surface area contributed by atoms with E-state index in [1.165, 1.54) is 0 Å². The number of benzene rings is 1. The summed E-state index contributed by atoms with van der Waals surface area (Å²) in [5.41, 5.74) is 3.15. The van der Waals surface area contributed by atoms with Gasteiger partial charge in [0, 0.05) is 50.6 Å². The Morgan fingerprint density at radius 1 is 0.971 bits per heavy atom. The molecule has 4 rings (SSSR count). The summed E-state index contributed by atoms with van der Waals surface area (Å²) >= 11 is 0. The second kappa shape index (κ2) is 10.8. The number of nitrogens with zero attached hydrogens (tertiary/aromatic N) is 5. The molecule has 2 fully saturated rings. The van der Waals surface area contributed by atoms with Crippen LogP contribution >= 0.6 is 0 Å². The molecule has 0 unspecified atom stereocenters. The van der Waals surface area contributed by atoms with Crippen LogP contribution in [-0.2, 0) is 14.3 Å². The average Bonchev–Trinajstić information content (AvgIpc) is 3.09. The molecule has 2 saturated heterocycles. The fourth-order valence-electron chi connectivity index (χ4n) is 4.54. The third kappa shape index (κ3) is 5.30. The highest BCUT2D eigenvalue weighted by Gasteiger charge is 2.26. The van der Waals surface area contributed by atoms with E-state index in [9.17, 15) is 14.9 Å². The number of ether oxygens (including phenoxy) is 1. The van der Waals surface area contributed by atoms with E-state index in [1.54, 1.807) is 0 Å². The van der Waals surface area contributed by atoms with Crippen molar-refractivity contribution >= 4 is 17.6 Å². The predicted molar refractivity (Wildman–Crippen MR) is 129 cm³/mol. The maximum Gasteiger partial charge on any atom is 0.239 e. The highest BCUT2D eigenvalue weighted by molar-refractivity contribution is 5.93. The first-order valence-electron chi connectivity index (χ1n) is 11.8. The highest BCUT2D eigenvalue weighted by Crippen LogP contribution is 2.29. The number of nitrogens with one attached hydrogen (secondary N) is 1. The monoisotopic (exact) mass is 464 g/mol. The summed E-state index contributed by atoms with van der Waals surface area (Å²) in [4.78, 5) is 31.6. The van der Waals surface area contributed by atoms with Crippen molar-refractivity contribution in [2.45, 2.75) is 13.8 Å². The number of aromatic nitrogens is 1. The minimum absolute atomic E-state index is 0.135. The number of nitriles is 1. The number of para-hydroxylation sites is 1. The Balaban J connectivity index is 1.35. The normalized spacial score (nSPS) is 17.4. The first kappa shape index (κ1) is 24.0. The minimum Gasteiger partial charge on any atom is -0.379 e. The Kier molecular flexibility index (Phi) is 7.63. The van der Waals surface area contributed by atoms with Crippen LogP contribution in [0.15, 0.2) is 30.3 Å². The van der Waals surface area contributed by atoms with E-state index in [0.29, 0.717) is 57.3 Å². The first-order valence-corrected chi connectivity index (χ1v) is 11.8. The number of anilines is 1. The lowest BCUT2D eigenvalue weighted by molar-refractivity contribution is -0.135. The molecule has 9 heteroatoms. The van der Waals surface area contributed by atoms with Crippen LogP contribution in [0, 0.1) is 25.2 Å². The molecule has 1 N–H and O–H groups in total. The summed E-state index contributed by atoms with van der Waals surface area (Å²) in [5.74, 6) is 0.476. The van der Waals surface area contributed by atoms with Crippen LogP contribution in [-0.4, -0.2) is 96.7 Å². The van der Waals surface area contributed by atoms with Gasteiger partial charge in [-0.1, -0.05) is 18.2 Å². The number of amides is 2. The lowest BCUT2D eigenvalue weighted by Crippen LogP contribution is -2.53. The number of carbonyl (C=O) groups is 2. The van der Waals surface area contributed by atoms with Crippen LogP contribution in [0.25, 0.3) is 5.69 Å². The summed E-state index contributed by atoms with van der Waals surface area (Å²) in [6, 6.07) is 12.0. The van der Waals surface area contributed by atoms with Crippen LogP contribution in [0.1, 0.15) is 16.8 Å². The Labute approximate surface area is 200 Å². The molecule has 1 aromatic carbocycles. The number of piperazine rings is 1. The van der Waals surface area contributed by atoms with Gasteiger partial charge in [-0.15, -0.1) is 0 Å². The minimum atomic E-state index is -0.167. The van der Waals surface area contributed by atoms with Gasteiger partial charge in [0.1, 0.15) is 11.9 Å². The van der Waals surface area contributed by atoms with Gasteiger partial charge in [0.05, 0.1) is 31.9 Å². The quantitative estimate of drug-likeness (QED) is 0.694. The van der Waals surface area contributed by atoms with Gasteiger partial charge in [0.15, 0.2) is 0 Å². The van der Waals surface area contributed by atoms with Crippen LogP contribution in [0.2, 0.25) is 0 Å². The molecule has 2 aliphatic rings. The zero-order valence-corrected chi connectivity index (χ0v) is 19.9. The van der Waals surface area contributed by atoms with Gasteiger partial charge >= 0.3 is 0 Å². The van der Waals surface area contributed by atoms with Gasteiger partial charge in [-0.25, -0.2) is 0 Å². The summed E-state index contributed by atoms with van der Waals surface area (Å²) in [5, 5.41) is 12.7. The Morgan fingerprint density at radius 3 is 2.26 bits per heavy atom. The standard InChI is InChI=1S/C25H32N6O3/c1-19-20(2)31(21-6-4-3-5-7-21)25(22(19)16-26)27-23(32)17-28-8-10-30(11-9-28)24(33)18-29-12-14-34-15-13-29/h3-7H,8-15,17-18H2,1-2H3,(H,27,32). The molecule has 0 radical (unpaired) electrons. The van der Waals surface area contributed by atoms with Crippen molar-refractivity contribution in [1.82, 2.24) is 19.3 Å². The maximum atomic E-state index is 13.0. The van der Waals surface area contributed by atoms with Gasteiger partial charge in [0.25, 0.3) is 0 Å². The largest absolute Gasteiger partial charge is 0.379 e. The number of carbonyl (C=O) groups excluding carboxylic acids is 2. The molecule has 2 aromatic rings. The molecular formula is C25H32N6O3. The van der Waals surface area contributed by atoms with Crippen LogP contribution < -0.4 is 5.32 Å². The second-order valence-electron chi connectivity index (χ2n) is 8.81. The Hall–Kier alpha value is -3.19. The molecule has 34 heavy (non-hydrogen) atoms. The number of hydrogen-bond acceptors (Lipinski definition) is 6. The second-order valence-corrected chi connectivity index (χ2v) is 8.81. The molecule has 3 heterocycles. The van der Waals surface area contributed by atoms with Crippen LogP contribution in [0.4, 0.5) is 5.82 Å². The SMILES string of the molecule is Cc1c(C#N)c(NC(=O)CN2CCN(C(=O)CN3CCOCC3)CC2)n(-c2ccccc2)c1C. The van der Waals surface area contributed by atoms with E-state index < -0.39 is 0 Å². The molecule has 0 atom stereocenters. The van der Waals surface area contributed by atoms with Gasteiger partial charge < -0.3 is 15.0 Å². The van der Waals surface area contributed by atoms with Crippen molar-refractivity contribution in [3.05, 3.63) is 47.2 Å². The molecule has 2 amide bonds. The third-order valence-corrected chi connectivity index (χ3v) is 6.65. The Morgan fingerprint density at radius 2 is 1.62 bits per heavy atom. The molecular weight excluding hydrogens is 432 g/mol. The molecule has 0 spiro atoms. The third-order valence-electron chi connectivity index (χ3n) is 6.65. The zero-order chi connectivity index (χ0) is 24.1. The molecule has 1 aromatic heterocycles. The van der Waals surface area contributed by atoms with Crippen molar-refractivity contribution in [2.75, 3.05) is 70.9 Å². The smallest absolute Gasteiger partial charge is 0.239 e. The van der Waals surface area contributed by atoms with Crippen molar-refractivity contribution < 1.29 is 14.3 Å². The Bertz CT molecular complexity index is 1060. The predicted octanol–water partition coefficient (Wildman–Crippen LogP) is 1.38. The molecule has 0 bridgehead atoms. The highest BCUT2D eigenvalue weighted by atomic mass is 16.5. The number of morpholine rings is 1. The fourth-order valence-corrected chi connectivity index (χ4v) is 4.54.